The second kappa shape index (κ2) is 8.32. The van der Waals surface area contributed by atoms with Gasteiger partial charge in [0.15, 0.2) is 0 Å². The number of morpholine rings is 1. The number of hydrogen-bond acceptors (Lipinski definition) is 3. The van der Waals surface area contributed by atoms with Crippen LogP contribution in [-0.2, 0) is 4.74 Å². The summed E-state index contributed by atoms with van der Waals surface area (Å²) in [7, 11) is 0. The summed E-state index contributed by atoms with van der Waals surface area (Å²) in [5.74, 6) is 0.814. The van der Waals surface area contributed by atoms with E-state index in [4.69, 9.17) is 9.47 Å². The predicted molar refractivity (Wildman–Crippen MR) is 98.1 cm³/mol. The van der Waals surface area contributed by atoms with Gasteiger partial charge in [-0.25, -0.2) is 4.39 Å². The zero-order chi connectivity index (χ0) is 18.5. The number of halogens is 1. The molecule has 1 aliphatic rings. The molecule has 1 atom stereocenters. The SMILES string of the molecule is CC(C)c1ccc(OC[C@H]2CN(C(=O)c3ccc(F)cc3)CCO2)cc1. The summed E-state index contributed by atoms with van der Waals surface area (Å²) in [5.41, 5.74) is 1.75. The highest BCUT2D eigenvalue weighted by Gasteiger charge is 2.25. The molecule has 138 valence electrons. The van der Waals surface area contributed by atoms with Gasteiger partial charge in [0.2, 0.25) is 0 Å². The molecule has 2 aromatic carbocycles. The summed E-state index contributed by atoms with van der Waals surface area (Å²) in [6.45, 7) is 6.13. The Bertz CT molecular complexity index is 728. The van der Waals surface area contributed by atoms with Crippen molar-refractivity contribution in [3.05, 3.63) is 65.5 Å². The van der Waals surface area contributed by atoms with Crippen molar-refractivity contribution >= 4 is 5.91 Å². The minimum absolute atomic E-state index is 0.111. The molecule has 1 fully saturated rings. The molecule has 0 bridgehead atoms. The quantitative estimate of drug-likeness (QED) is 0.815. The number of amides is 1. The standard InChI is InChI=1S/C21H24FNO3/c1-15(2)16-5-9-19(10-6-16)26-14-20-13-23(11-12-25-20)21(24)17-3-7-18(22)8-4-17/h3-10,15,20H,11-14H2,1-2H3/t20-/m1/s1. The van der Waals surface area contributed by atoms with E-state index in [2.05, 4.69) is 26.0 Å². The fourth-order valence-electron chi connectivity index (χ4n) is 2.92. The zero-order valence-electron chi connectivity index (χ0n) is 15.2. The van der Waals surface area contributed by atoms with E-state index < -0.39 is 0 Å². The maximum Gasteiger partial charge on any atom is 0.254 e. The number of ether oxygens (including phenoxy) is 2. The molecule has 0 aromatic heterocycles. The van der Waals surface area contributed by atoms with E-state index in [1.54, 1.807) is 4.90 Å². The minimum Gasteiger partial charge on any atom is -0.491 e. The molecule has 4 nitrogen and oxygen atoms in total. The zero-order valence-corrected chi connectivity index (χ0v) is 15.2. The second-order valence-electron chi connectivity index (χ2n) is 6.79. The number of carbonyl (C=O) groups is 1. The smallest absolute Gasteiger partial charge is 0.254 e. The van der Waals surface area contributed by atoms with Gasteiger partial charge in [-0.1, -0.05) is 26.0 Å². The van der Waals surface area contributed by atoms with Crippen molar-refractivity contribution in [1.82, 2.24) is 4.90 Å². The summed E-state index contributed by atoms with van der Waals surface area (Å²) in [6, 6.07) is 13.7. The van der Waals surface area contributed by atoms with Crippen molar-refractivity contribution in [3.63, 3.8) is 0 Å². The molecule has 2 aromatic rings. The van der Waals surface area contributed by atoms with Crippen LogP contribution in [0.25, 0.3) is 0 Å². The number of nitrogens with zero attached hydrogens (tertiary/aromatic N) is 1. The molecule has 5 heteroatoms. The highest BCUT2D eigenvalue weighted by atomic mass is 19.1. The Morgan fingerprint density at radius 1 is 1.19 bits per heavy atom. The third kappa shape index (κ3) is 4.61. The highest BCUT2D eigenvalue weighted by molar-refractivity contribution is 5.94. The number of carbonyl (C=O) groups excluding carboxylic acids is 1. The Kier molecular flexibility index (Phi) is 5.89. The van der Waals surface area contributed by atoms with Crippen molar-refractivity contribution in [2.24, 2.45) is 0 Å². The lowest BCUT2D eigenvalue weighted by Gasteiger charge is -2.33. The average Bonchev–Trinajstić information content (AvgIpc) is 2.67. The van der Waals surface area contributed by atoms with Gasteiger partial charge < -0.3 is 14.4 Å². The molecule has 0 spiro atoms. The van der Waals surface area contributed by atoms with Crippen LogP contribution in [0.2, 0.25) is 0 Å². The molecule has 0 radical (unpaired) electrons. The summed E-state index contributed by atoms with van der Waals surface area (Å²) in [5, 5.41) is 0. The fourth-order valence-corrected chi connectivity index (χ4v) is 2.92. The third-order valence-electron chi connectivity index (χ3n) is 4.50. The first-order chi connectivity index (χ1) is 12.5. The minimum atomic E-state index is -0.349. The van der Waals surface area contributed by atoms with Gasteiger partial charge in [-0.15, -0.1) is 0 Å². The van der Waals surface area contributed by atoms with E-state index in [1.807, 2.05) is 12.1 Å². The van der Waals surface area contributed by atoms with Crippen LogP contribution >= 0.6 is 0 Å². The molecule has 0 unspecified atom stereocenters. The van der Waals surface area contributed by atoms with E-state index in [1.165, 1.54) is 29.8 Å². The second-order valence-corrected chi connectivity index (χ2v) is 6.79. The van der Waals surface area contributed by atoms with Crippen LogP contribution in [0.1, 0.15) is 35.7 Å². The molecule has 0 saturated carbocycles. The van der Waals surface area contributed by atoms with Crippen molar-refractivity contribution in [1.29, 1.82) is 0 Å². The summed E-state index contributed by atoms with van der Waals surface area (Å²) in [6.07, 6.45) is -0.182. The molecular formula is C21H24FNO3. The van der Waals surface area contributed by atoms with Gasteiger partial charge in [0, 0.05) is 12.1 Å². The van der Waals surface area contributed by atoms with Crippen LogP contribution in [-0.4, -0.2) is 43.2 Å². The average molecular weight is 357 g/mol. The Morgan fingerprint density at radius 3 is 2.54 bits per heavy atom. The van der Waals surface area contributed by atoms with Crippen molar-refractivity contribution in [3.8, 4) is 5.75 Å². The van der Waals surface area contributed by atoms with Crippen LogP contribution in [0.3, 0.4) is 0 Å². The normalized spacial score (nSPS) is 17.4. The molecule has 1 heterocycles. The van der Waals surface area contributed by atoms with Crippen molar-refractivity contribution in [2.45, 2.75) is 25.9 Å². The Balaban J connectivity index is 1.54. The first kappa shape index (κ1) is 18.4. The molecule has 1 saturated heterocycles. The summed E-state index contributed by atoms with van der Waals surface area (Å²) in [4.78, 5) is 14.3. The monoisotopic (exact) mass is 357 g/mol. The van der Waals surface area contributed by atoms with E-state index >= 15 is 0 Å². The first-order valence-electron chi connectivity index (χ1n) is 8.92. The van der Waals surface area contributed by atoms with E-state index in [-0.39, 0.29) is 17.8 Å². The topological polar surface area (TPSA) is 38.8 Å². The van der Waals surface area contributed by atoms with Gasteiger partial charge in [-0.3, -0.25) is 4.79 Å². The summed E-state index contributed by atoms with van der Waals surface area (Å²) >= 11 is 0. The lowest BCUT2D eigenvalue weighted by molar-refractivity contribution is -0.0401. The van der Waals surface area contributed by atoms with Crippen molar-refractivity contribution < 1.29 is 18.7 Å². The maximum absolute atomic E-state index is 13.0. The molecular weight excluding hydrogens is 333 g/mol. The predicted octanol–water partition coefficient (Wildman–Crippen LogP) is 3.87. The molecule has 3 rings (SSSR count). The summed E-state index contributed by atoms with van der Waals surface area (Å²) < 4.78 is 24.6. The van der Waals surface area contributed by atoms with E-state index in [0.29, 0.717) is 37.8 Å². The van der Waals surface area contributed by atoms with Crippen LogP contribution in [0.4, 0.5) is 4.39 Å². The van der Waals surface area contributed by atoms with E-state index in [9.17, 15) is 9.18 Å². The lowest BCUT2D eigenvalue weighted by atomic mass is 10.0. The van der Waals surface area contributed by atoms with Gasteiger partial charge in [-0.05, 0) is 47.9 Å². The van der Waals surface area contributed by atoms with Crippen LogP contribution in [0, 0.1) is 5.82 Å². The largest absolute Gasteiger partial charge is 0.491 e. The highest BCUT2D eigenvalue weighted by Crippen LogP contribution is 2.19. The van der Waals surface area contributed by atoms with Crippen molar-refractivity contribution in [2.75, 3.05) is 26.3 Å². The lowest BCUT2D eigenvalue weighted by Crippen LogP contribution is -2.47. The molecule has 1 amide bonds. The van der Waals surface area contributed by atoms with Gasteiger partial charge >= 0.3 is 0 Å². The number of hydrogen-bond donors (Lipinski definition) is 0. The van der Waals surface area contributed by atoms with Gasteiger partial charge in [-0.2, -0.15) is 0 Å². The molecule has 26 heavy (non-hydrogen) atoms. The maximum atomic E-state index is 13.0. The molecule has 0 N–H and O–H groups in total. The Hall–Kier alpha value is -2.40. The van der Waals surface area contributed by atoms with Gasteiger partial charge in [0.05, 0.1) is 13.2 Å². The fraction of sp³-hybridized carbons (Fsp3) is 0.381. The first-order valence-corrected chi connectivity index (χ1v) is 8.92. The number of rotatable bonds is 5. The van der Waals surface area contributed by atoms with Gasteiger partial charge in [0.25, 0.3) is 5.91 Å². The van der Waals surface area contributed by atoms with Crippen LogP contribution in [0.15, 0.2) is 48.5 Å². The Morgan fingerprint density at radius 2 is 1.88 bits per heavy atom. The third-order valence-corrected chi connectivity index (χ3v) is 4.50. The molecule has 1 aliphatic heterocycles. The van der Waals surface area contributed by atoms with Crippen LogP contribution < -0.4 is 4.74 Å². The number of benzene rings is 2. The van der Waals surface area contributed by atoms with Crippen LogP contribution in [0.5, 0.6) is 5.75 Å². The van der Waals surface area contributed by atoms with E-state index in [0.717, 1.165) is 5.75 Å². The Labute approximate surface area is 153 Å². The molecule has 0 aliphatic carbocycles. The van der Waals surface area contributed by atoms with Gasteiger partial charge in [0.1, 0.15) is 24.3 Å².